The van der Waals surface area contributed by atoms with Crippen LogP contribution in [0.1, 0.15) is 25.7 Å². The Morgan fingerprint density at radius 2 is 2.30 bits per heavy atom. The van der Waals surface area contributed by atoms with E-state index in [0.29, 0.717) is 12.5 Å². The van der Waals surface area contributed by atoms with E-state index in [9.17, 15) is 0 Å². The minimum atomic E-state index is 0.230. The van der Waals surface area contributed by atoms with Crippen molar-refractivity contribution in [3.05, 3.63) is 0 Å². The van der Waals surface area contributed by atoms with Crippen molar-refractivity contribution in [3.63, 3.8) is 0 Å². The summed E-state index contributed by atoms with van der Waals surface area (Å²) in [7, 11) is 0. The van der Waals surface area contributed by atoms with Crippen molar-refractivity contribution in [1.29, 1.82) is 0 Å². The molecule has 1 atom stereocenters. The highest BCUT2D eigenvalue weighted by Crippen LogP contribution is 2.44. The van der Waals surface area contributed by atoms with Gasteiger partial charge in [-0.2, -0.15) is 0 Å². The van der Waals surface area contributed by atoms with Gasteiger partial charge in [0.25, 0.3) is 0 Å². The minimum absolute atomic E-state index is 0.230. The van der Waals surface area contributed by atoms with Gasteiger partial charge in [0, 0.05) is 12.5 Å². The molecule has 1 aliphatic carbocycles. The van der Waals surface area contributed by atoms with E-state index in [4.69, 9.17) is 9.84 Å². The van der Waals surface area contributed by atoms with E-state index in [1.807, 2.05) is 0 Å². The van der Waals surface area contributed by atoms with Crippen molar-refractivity contribution >= 4 is 0 Å². The highest BCUT2D eigenvalue weighted by atomic mass is 16.5. The summed E-state index contributed by atoms with van der Waals surface area (Å²) in [5.41, 5.74) is 0.230. The van der Waals surface area contributed by atoms with Crippen LogP contribution < -0.4 is 0 Å². The zero-order valence-electron chi connectivity index (χ0n) is 6.18. The van der Waals surface area contributed by atoms with Crippen LogP contribution in [0.5, 0.6) is 0 Å². The van der Waals surface area contributed by atoms with Crippen LogP contribution in [0.25, 0.3) is 0 Å². The van der Waals surface area contributed by atoms with Gasteiger partial charge in [0.1, 0.15) is 0 Å². The molecule has 1 heterocycles. The van der Waals surface area contributed by atoms with Gasteiger partial charge < -0.3 is 9.84 Å². The molecule has 58 valence electrons. The van der Waals surface area contributed by atoms with E-state index in [1.54, 1.807) is 0 Å². The summed E-state index contributed by atoms with van der Waals surface area (Å²) in [4.78, 5) is 0. The van der Waals surface area contributed by atoms with E-state index in [2.05, 4.69) is 0 Å². The van der Waals surface area contributed by atoms with Crippen LogP contribution in [-0.2, 0) is 4.74 Å². The molecule has 0 bridgehead atoms. The van der Waals surface area contributed by atoms with Gasteiger partial charge in [-0.25, -0.2) is 0 Å². The lowest BCUT2D eigenvalue weighted by molar-refractivity contribution is -0.0565. The molecule has 0 radical (unpaired) electrons. The van der Waals surface area contributed by atoms with Gasteiger partial charge >= 0.3 is 0 Å². The summed E-state index contributed by atoms with van der Waals surface area (Å²) in [5, 5.41) is 8.84. The molecule has 1 saturated carbocycles. The smallest absolute Gasteiger partial charge is 0.0687 e. The van der Waals surface area contributed by atoms with Crippen LogP contribution in [0, 0.1) is 5.92 Å². The third-order valence-electron chi connectivity index (χ3n) is 2.81. The molecule has 2 fully saturated rings. The Balaban J connectivity index is 1.92. The molecule has 1 unspecified atom stereocenters. The molecule has 2 aliphatic rings. The number of ether oxygens (including phenoxy) is 1. The number of rotatable bonds is 1. The Morgan fingerprint density at radius 3 is 2.60 bits per heavy atom. The third kappa shape index (κ3) is 0.867. The molecule has 1 saturated heterocycles. The van der Waals surface area contributed by atoms with Crippen molar-refractivity contribution in [2.45, 2.75) is 31.3 Å². The first-order chi connectivity index (χ1) is 4.85. The normalized spacial score (nSPS) is 36.3. The van der Waals surface area contributed by atoms with Crippen molar-refractivity contribution in [2.24, 2.45) is 5.92 Å². The molecule has 0 aromatic rings. The van der Waals surface area contributed by atoms with Crippen molar-refractivity contribution < 1.29 is 9.84 Å². The van der Waals surface area contributed by atoms with Gasteiger partial charge in [-0.3, -0.25) is 0 Å². The summed E-state index contributed by atoms with van der Waals surface area (Å²) in [5.74, 6) is 0.431. The van der Waals surface area contributed by atoms with Gasteiger partial charge in [0.15, 0.2) is 0 Å². The number of aliphatic hydroxyl groups is 1. The molecule has 0 amide bonds. The topological polar surface area (TPSA) is 29.5 Å². The molecule has 0 aromatic carbocycles. The van der Waals surface area contributed by atoms with Gasteiger partial charge in [-0.1, -0.05) is 0 Å². The first-order valence-corrected chi connectivity index (χ1v) is 4.09. The average Bonchev–Trinajstić information content (AvgIpc) is 2.29. The van der Waals surface area contributed by atoms with Crippen molar-refractivity contribution in [2.75, 3.05) is 13.2 Å². The zero-order valence-corrected chi connectivity index (χ0v) is 6.18. The summed E-state index contributed by atoms with van der Waals surface area (Å²) in [6, 6.07) is 0. The fraction of sp³-hybridized carbons (Fsp3) is 1.00. The van der Waals surface area contributed by atoms with Crippen molar-refractivity contribution in [3.8, 4) is 0 Å². The predicted octanol–water partition coefficient (Wildman–Crippen LogP) is 0.938. The minimum Gasteiger partial charge on any atom is -0.396 e. The van der Waals surface area contributed by atoms with E-state index >= 15 is 0 Å². The molecule has 2 heteroatoms. The second kappa shape index (κ2) is 2.21. The first kappa shape index (κ1) is 6.62. The standard InChI is InChI=1S/C8H14O2/c9-5-7-4-8(10-6-7)2-1-3-8/h7,9H,1-6H2. The monoisotopic (exact) mass is 142 g/mol. The SMILES string of the molecule is OCC1COC2(CCC2)C1. The maximum absolute atomic E-state index is 8.84. The summed E-state index contributed by atoms with van der Waals surface area (Å²) in [6.45, 7) is 1.10. The summed E-state index contributed by atoms with van der Waals surface area (Å²) < 4.78 is 5.62. The number of hydrogen-bond acceptors (Lipinski definition) is 2. The lowest BCUT2D eigenvalue weighted by Gasteiger charge is -2.37. The molecule has 1 aliphatic heterocycles. The fourth-order valence-electron chi connectivity index (χ4n) is 1.98. The molecule has 2 rings (SSSR count). The highest BCUT2D eigenvalue weighted by Gasteiger charge is 2.44. The van der Waals surface area contributed by atoms with E-state index in [1.165, 1.54) is 19.3 Å². The Hall–Kier alpha value is -0.0800. The van der Waals surface area contributed by atoms with Gasteiger partial charge in [-0.05, 0) is 25.7 Å². The van der Waals surface area contributed by atoms with Gasteiger partial charge in [-0.15, -0.1) is 0 Å². The zero-order chi connectivity index (χ0) is 7.03. The number of hydrogen-bond donors (Lipinski definition) is 1. The van der Waals surface area contributed by atoms with Crippen LogP contribution in [-0.4, -0.2) is 23.9 Å². The molecule has 1 N–H and O–H groups in total. The molecular formula is C8H14O2. The molecule has 1 spiro atoms. The van der Waals surface area contributed by atoms with Gasteiger partial charge in [0.2, 0.25) is 0 Å². The molecule has 2 nitrogen and oxygen atoms in total. The van der Waals surface area contributed by atoms with Crippen LogP contribution in [0.2, 0.25) is 0 Å². The largest absolute Gasteiger partial charge is 0.396 e. The molecule has 10 heavy (non-hydrogen) atoms. The van der Waals surface area contributed by atoms with Crippen LogP contribution in [0.4, 0.5) is 0 Å². The number of aliphatic hydroxyl groups excluding tert-OH is 1. The first-order valence-electron chi connectivity index (χ1n) is 4.09. The third-order valence-corrected chi connectivity index (χ3v) is 2.81. The average molecular weight is 142 g/mol. The molecule has 0 aromatic heterocycles. The van der Waals surface area contributed by atoms with Crippen LogP contribution in [0.3, 0.4) is 0 Å². The van der Waals surface area contributed by atoms with E-state index in [-0.39, 0.29) is 5.60 Å². The second-order valence-corrected chi connectivity index (χ2v) is 3.60. The van der Waals surface area contributed by atoms with E-state index < -0.39 is 0 Å². The van der Waals surface area contributed by atoms with Crippen LogP contribution in [0.15, 0.2) is 0 Å². The Kier molecular flexibility index (Phi) is 1.46. The maximum Gasteiger partial charge on any atom is 0.0687 e. The highest BCUT2D eigenvalue weighted by molar-refractivity contribution is 4.95. The van der Waals surface area contributed by atoms with Gasteiger partial charge in [0.05, 0.1) is 12.2 Å². The Labute approximate surface area is 61.2 Å². The lowest BCUT2D eigenvalue weighted by atomic mass is 9.76. The second-order valence-electron chi connectivity index (χ2n) is 3.60. The quantitative estimate of drug-likeness (QED) is 0.590. The van der Waals surface area contributed by atoms with Crippen molar-refractivity contribution in [1.82, 2.24) is 0 Å². The predicted molar refractivity (Wildman–Crippen MR) is 37.7 cm³/mol. The summed E-state index contributed by atoms with van der Waals surface area (Å²) in [6.07, 6.45) is 4.87. The summed E-state index contributed by atoms with van der Waals surface area (Å²) >= 11 is 0. The fourth-order valence-corrected chi connectivity index (χ4v) is 1.98. The maximum atomic E-state index is 8.84. The van der Waals surface area contributed by atoms with E-state index in [0.717, 1.165) is 13.0 Å². The Bertz CT molecular complexity index is 129. The van der Waals surface area contributed by atoms with Crippen LogP contribution >= 0.6 is 0 Å². The lowest BCUT2D eigenvalue weighted by Crippen LogP contribution is -2.36. The Morgan fingerprint density at radius 1 is 1.50 bits per heavy atom. The molecular weight excluding hydrogens is 128 g/mol.